The average molecular weight is 294 g/mol. The van der Waals surface area contributed by atoms with Crippen LogP contribution in [0.1, 0.15) is 29.7 Å². The lowest BCUT2D eigenvalue weighted by Crippen LogP contribution is -2.24. The molecule has 0 radical (unpaired) electrons. The summed E-state index contributed by atoms with van der Waals surface area (Å²) in [5.41, 5.74) is 8.18. The minimum atomic E-state index is -0.130. The molecule has 2 N–H and O–H groups in total. The Labute approximate surface area is 122 Å². The molecule has 2 aromatic rings. The van der Waals surface area contributed by atoms with Crippen molar-refractivity contribution in [3.8, 4) is 5.75 Å². The van der Waals surface area contributed by atoms with E-state index >= 15 is 0 Å². The van der Waals surface area contributed by atoms with Crippen molar-refractivity contribution in [3.05, 3.63) is 63.6 Å². The first-order chi connectivity index (χ1) is 9.15. The molecule has 1 aliphatic rings. The second-order valence-corrected chi connectivity index (χ2v) is 5.50. The molecule has 0 aromatic heterocycles. The summed E-state index contributed by atoms with van der Waals surface area (Å²) in [6.45, 7) is 0. The van der Waals surface area contributed by atoms with Crippen molar-refractivity contribution < 1.29 is 4.74 Å². The summed E-state index contributed by atoms with van der Waals surface area (Å²) in [6, 6.07) is 13.3. The first-order valence-electron chi connectivity index (χ1n) is 6.11. The van der Waals surface area contributed by atoms with Gasteiger partial charge in [0.2, 0.25) is 0 Å². The van der Waals surface area contributed by atoms with E-state index in [2.05, 4.69) is 0 Å². The molecule has 1 aliphatic heterocycles. The molecule has 98 valence electrons. The lowest BCUT2D eigenvalue weighted by atomic mass is 9.93. The van der Waals surface area contributed by atoms with Crippen LogP contribution in [-0.4, -0.2) is 0 Å². The van der Waals surface area contributed by atoms with E-state index in [4.69, 9.17) is 33.7 Å². The van der Waals surface area contributed by atoms with E-state index in [-0.39, 0.29) is 12.1 Å². The maximum absolute atomic E-state index is 6.23. The molecule has 0 bridgehead atoms. The molecule has 0 fully saturated rings. The van der Waals surface area contributed by atoms with E-state index in [0.717, 1.165) is 16.9 Å². The number of nitrogens with two attached hydrogens (primary N) is 1. The fraction of sp³-hybridized carbons (Fsp3) is 0.200. The van der Waals surface area contributed by atoms with Gasteiger partial charge in [-0.3, -0.25) is 0 Å². The monoisotopic (exact) mass is 293 g/mol. The number of fused-ring (bicyclic) bond motifs is 1. The van der Waals surface area contributed by atoms with Gasteiger partial charge in [-0.2, -0.15) is 0 Å². The number of halogens is 2. The van der Waals surface area contributed by atoms with Crippen LogP contribution in [0.25, 0.3) is 0 Å². The third-order valence-electron chi connectivity index (χ3n) is 3.37. The first kappa shape index (κ1) is 12.8. The van der Waals surface area contributed by atoms with Gasteiger partial charge in [0.05, 0.1) is 0 Å². The molecule has 2 aromatic carbocycles. The summed E-state index contributed by atoms with van der Waals surface area (Å²) in [5, 5.41) is 1.23. The van der Waals surface area contributed by atoms with Crippen molar-refractivity contribution in [1.82, 2.24) is 0 Å². The van der Waals surface area contributed by atoms with Crippen molar-refractivity contribution in [2.75, 3.05) is 0 Å². The van der Waals surface area contributed by atoms with Gasteiger partial charge in [0, 0.05) is 33.6 Å². The Hall–Kier alpha value is -1.22. The Morgan fingerprint density at radius 1 is 1.05 bits per heavy atom. The minimum absolute atomic E-state index is 0.0401. The number of benzene rings is 2. The fourth-order valence-electron chi connectivity index (χ4n) is 2.41. The van der Waals surface area contributed by atoms with Gasteiger partial charge < -0.3 is 10.5 Å². The Kier molecular flexibility index (Phi) is 3.40. The Morgan fingerprint density at radius 3 is 2.63 bits per heavy atom. The molecule has 0 aliphatic carbocycles. The second-order valence-electron chi connectivity index (χ2n) is 4.65. The fourth-order valence-corrected chi connectivity index (χ4v) is 2.94. The smallest absolute Gasteiger partial charge is 0.127 e. The molecule has 0 amide bonds. The van der Waals surface area contributed by atoms with Crippen molar-refractivity contribution >= 4 is 23.2 Å². The average Bonchev–Trinajstić information content (AvgIpc) is 2.38. The minimum Gasteiger partial charge on any atom is -0.485 e. The molecule has 3 rings (SSSR count). The topological polar surface area (TPSA) is 35.2 Å². The van der Waals surface area contributed by atoms with Crippen LogP contribution in [0.2, 0.25) is 10.0 Å². The standard InChI is InChI=1S/C15H13Cl2NO/c16-9-5-6-10(12(17)7-9)15-8-13(18)11-3-1-2-4-14(11)19-15/h1-7,13,15H,8,18H2/t13-,15?/m1/s1. The molecule has 19 heavy (non-hydrogen) atoms. The molecule has 0 saturated heterocycles. The zero-order chi connectivity index (χ0) is 13.4. The molecule has 0 spiro atoms. The highest BCUT2D eigenvalue weighted by atomic mass is 35.5. The number of para-hydroxylation sites is 1. The van der Waals surface area contributed by atoms with Crippen LogP contribution in [0.15, 0.2) is 42.5 Å². The number of hydrogen-bond acceptors (Lipinski definition) is 2. The summed E-state index contributed by atoms with van der Waals surface area (Å²) in [7, 11) is 0. The van der Waals surface area contributed by atoms with Gasteiger partial charge in [-0.15, -0.1) is 0 Å². The Morgan fingerprint density at radius 2 is 1.84 bits per heavy atom. The van der Waals surface area contributed by atoms with Gasteiger partial charge in [-0.1, -0.05) is 47.5 Å². The zero-order valence-electron chi connectivity index (χ0n) is 10.1. The second kappa shape index (κ2) is 5.04. The van der Waals surface area contributed by atoms with Crippen LogP contribution in [0, 0.1) is 0 Å². The first-order valence-corrected chi connectivity index (χ1v) is 6.87. The predicted molar refractivity (Wildman–Crippen MR) is 77.8 cm³/mol. The molecule has 2 nitrogen and oxygen atoms in total. The van der Waals surface area contributed by atoms with E-state index < -0.39 is 0 Å². The summed E-state index contributed by atoms with van der Waals surface area (Å²) in [4.78, 5) is 0. The Bertz CT molecular complexity index is 615. The lowest BCUT2D eigenvalue weighted by Gasteiger charge is -2.31. The lowest BCUT2D eigenvalue weighted by molar-refractivity contribution is 0.161. The molecular weight excluding hydrogens is 281 g/mol. The molecule has 1 unspecified atom stereocenters. The highest BCUT2D eigenvalue weighted by molar-refractivity contribution is 6.35. The predicted octanol–water partition coefficient (Wildman–Crippen LogP) is 4.52. The van der Waals surface area contributed by atoms with Crippen molar-refractivity contribution in [2.24, 2.45) is 5.73 Å². The van der Waals surface area contributed by atoms with E-state index in [1.165, 1.54) is 0 Å². The van der Waals surface area contributed by atoms with Crippen LogP contribution in [0.5, 0.6) is 5.75 Å². The molecular formula is C15H13Cl2NO. The summed E-state index contributed by atoms with van der Waals surface area (Å²) < 4.78 is 6.00. The molecule has 0 saturated carbocycles. The van der Waals surface area contributed by atoms with Crippen LogP contribution in [0.3, 0.4) is 0 Å². The van der Waals surface area contributed by atoms with Gasteiger partial charge >= 0.3 is 0 Å². The van der Waals surface area contributed by atoms with Crippen molar-refractivity contribution in [1.29, 1.82) is 0 Å². The van der Waals surface area contributed by atoms with Crippen molar-refractivity contribution in [2.45, 2.75) is 18.6 Å². The quantitative estimate of drug-likeness (QED) is 0.839. The van der Waals surface area contributed by atoms with Gasteiger partial charge in [-0.05, 0) is 18.2 Å². The van der Waals surface area contributed by atoms with E-state index in [1.807, 2.05) is 36.4 Å². The summed E-state index contributed by atoms with van der Waals surface area (Å²) >= 11 is 12.1. The van der Waals surface area contributed by atoms with Gasteiger partial charge in [0.1, 0.15) is 11.9 Å². The third-order valence-corrected chi connectivity index (χ3v) is 3.93. The largest absolute Gasteiger partial charge is 0.485 e. The van der Waals surface area contributed by atoms with Gasteiger partial charge in [-0.25, -0.2) is 0 Å². The van der Waals surface area contributed by atoms with Crippen LogP contribution in [0.4, 0.5) is 0 Å². The number of ether oxygens (including phenoxy) is 1. The molecule has 2 atom stereocenters. The van der Waals surface area contributed by atoms with Gasteiger partial charge in [0.25, 0.3) is 0 Å². The third kappa shape index (κ3) is 2.44. The van der Waals surface area contributed by atoms with E-state index in [9.17, 15) is 0 Å². The molecule has 1 heterocycles. The van der Waals surface area contributed by atoms with Crippen molar-refractivity contribution in [3.63, 3.8) is 0 Å². The maximum Gasteiger partial charge on any atom is 0.127 e. The highest BCUT2D eigenvalue weighted by Crippen LogP contribution is 2.41. The zero-order valence-corrected chi connectivity index (χ0v) is 11.7. The number of rotatable bonds is 1. The summed E-state index contributed by atoms with van der Waals surface area (Å²) in [6.07, 6.45) is 0.577. The van der Waals surface area contributed by atoms with Gasteiger partial charge in [0.15, 0.2) is 0 Å². The van der Waals surface area contributed by atoms with Crippen LogP contribution >= 0.6 is 23.2 Å². The van der Waals surface area contributed by atoms with E-state index in [1.54, 1.807) is 6.07 Å². The maximum atomic E-state index is 6.23. The highest BCUT2D eigenvalue weighted by Gasteiger charge is 2.27. The normalized spacial score (nSPS) is 21.6. The molecule has 4 heteroatoms. The Balaban J connectivity index is 1.97. The van der Waals surface area contributed by atoms with Crippen LogP contribution in [-0.2, 0) is 0 Å². The summed E-state index contributed by atoms with van der Waals surface area (Å²) in [5.74, 6) is 0.831. The van der Waals surface area contributed by atoms with E-state index in [0.29, 0.717) is 16.5 Å². The van der Waals surface area contributed by atoms with Crippen LogP contribution < -0.4 is 10.5 Å². The SMILES string of the molecule is N[C@@H]1CC(c2ccc(Cl)cc2Cl)Oc2ccccc21. The number of hydrogen-bond donors (Lipinski definition) is 1.